The van der Waals surface area contributed by atoms with Crippen molar-refractivity contribution in [2.24, 2.45) is 5.92 Å². The van der Waals surface area contributed by atoms with Crippen LogP contribution in [0.4, 0.5) is 5.69 Å². The molecule has 0 saturated heterocycles. The number of carbonyl (C=O) groups excluding carboxylic acids is 1. The number of sulfone groups is 1. The van der Waals surface area contributed by atoms with Crippen molar-refractivity contribution in [3.8, 4) is 0 Å². The van der Waals surface area contributed by atoms with Gasteiger partial charge in [0.25, 0.3) is 5.91 Å². The van der Waals surface area contributed by atoms with E-state index in [0.29, 0.717) is 24.1 Å². The van der Waals surface area contributed by atoms with Crippen LogP contribution in [-0.4, -0.2) is 31.7 Å². The van der Waals surface area contributed by atoms with E-state index in [1.54, 1.807) is 37.3 Å². The Bertz CT molecular complexity index is 949. The SMILES string of the molecule is CCc1ccc(S(C)(=O)=O)cc1C(=O)Nc1ccc(CC(C)C(=O)O)cc1. The number of benzene rings is 2. The summed E-state index contributed by atoms with van der Waals surface area (Å²) in [5.41, 5.74) is 2.49. The van der Waals surface area contributed by atoms with E-state index >= 15 is 0 Å². The Balaban J connectivity index is 2.21. The Kier molecular flexibility index (Phi) is 6.38. The highest BCUT2D eigenvalue weighted by Crippen LogP contribution is 2.19. The van der Waals surface area contributed by atoms with Gasteiger partial charge in [-0.25, -0.2) is 8.42 Å². The molecular formula is C20H23NO5S. The molecule has 0 spiro atoms. The van der Waals surface area contributed by atoms with Gasteiger partial charge in [-0.3, -0.25) is 9.59 Å². The van der Waals surface area contributed by atoms with E-state index in [9.17, 15) is 18.0 Å². The predicted octanol–water partition coefficient (Wildman–Crippen LogP) is 3.17. The average molecular weight is 389 g/mol. The van der Waals surface area contributed by atoms with Gasteiger partial charge in [0.2, 0.25) is 0 Å². The highest BCUT2D eigenvalue weighted by atomic mass is 32.2. The Morgan fingerprint density at radius 1 is 1.11 bits per heavy atom. The monoisotopic (exact) mass is 389 g/mol. The Hall–Kier alpha value is -2.67. The third-order valence-electron chi connectivity index (χ3n) is 4.31. The van der Waals surface area contributed by atoms with Crippen molar-refractivity contribution in [1.29, 1.82) is 0 Å². The van der Waals surface area contributed by atoms with Gasteiger partial charge in [-0.1, -0.05) is 32.0 Å². The molecule has 1 unspecified atom stereocenters. The first-order chi connectivity index (χ1) is 12.6. The van der Waals surface area contributed by atoms with E-state index in [1.807, 2.05) is 6.92 Å². The summed E-state index contributed by atoms with van der Waals surface area (Å²) in [5.74, 6) is -1.73. The minimum atomic E-state index is -3.41. The van der Waals surface area contributed by atoms with Crippen molar-refractivity contribution < 1.29 is 23.1 Å². The second kappa shape index (κ2) is 8.35. The molecule has 27 heavy (non-hydrogen) atoms. The number of carbonyl (C=O) groups is 2. The van der Waals surface area contributed by atoms with Crippen molar-refractivity contribution in [1.82, 2.24) is 0 Å². The van der Waals surface area contributed by atoms with Crippen molar-refractivity contribution in [3.05, 3.63) is 59.2 Å². The number of anilines is 1. The fraction of sp³-hybridized carbons (Fsp3) is 0.300. The number of amides is 1. The number of carboxylic acids is 1. The van der Waals surface area contributed by atoms with Crippen molar-refractivity contribution in [2.75, 3.05) is 11.6 Å². The van der Waals surface area contributed by atoms with Crippen molar-refractivity contribution in [3.63, 3.8) is 0 Å². The van der Waals surface area contributed by atoms with Crippen LogP contribution in [0.2, 0.25) is 0 Å². The summed E-state index contributed by atoms with van der Waals surface area (Å²) in [7, 11) is -3.41. The maximum Gasteiger partial charge on any atom is 0.306 e. The van der Waals surface area contributed by atoms with E-state index in [4.69, 9.17) is 5.11 Å². The summed E-state index contributed by atoms with van der Waals surface area (Å²) in [6.45, 7) is 3.53. The van der Waals surface area contributed by atoms with Gasteiger partial charge in [-0.15, -0.1) is 0 Å². The van der Waals surface area contributed by atoms with E-state index in [0.717, 1.165) is 17.4 Å². The molecule has 2 aromatic carbocycles. The summed E-state index contributed by atoms with van der Waals surface area (Å²) < 4.78 is 23.5. The molecular weight excluding hydrogens is 366 g/mol. The molecule has 0 radical (unpaired) electrons. The van der Waals surface area contributed by atoms with E-state index in [2.05, 4.69) is 5.32 Å². The van der Waals surface area contributed by atoms with Crippen LogP contribution in [0.5, 0.6) is 0 Å². The molecule has 2 aromatic rings. The number of aliphatic carboxylic acids is 1. The van der Waals surface area contributed by atoms with Crippen LogP contribution < -0.4 is 5.32 Å². The summed E-state index contributed by atoms with van der Waals surface area (Å²) in [6, 6.07) is 11.5. The molecule has 0 bridgehead atoms. The molecule has 2 rings (SSSR count). The molecule has 7 heteroatoms. The van der Waals surface area contributed by atoms with Crippen LogP contribution in [0.15, 0.2) is 47.4 Å². The molecule has 0 aliphatic rings. The molecule has 0 aliphatic heterocycles. The standard InChI is InChI=1S/C20H23NO5S/c1-4-15-7-10-17(27(3,25)26)12-18(15)19(22)21-16-8-5-14(6-9-16)11-13(2)20(23)24/h5-10,12-13H,4,11H2,1-3H3,(H,21,22)(H,23,24). The quantitative estimate of drug-likeness (QED) is 0.757. The molecule has 0 saturated carbocycles. The number of nitrogens with one attached hydrogen (secondary N) is 1. The summed E-state index contributed by atoms with van der Waals surface area (Å²) in [4.78, 5) is 23.7. The number of aryl methyl sites for hydroxylation is 1. The lowest BCUT2D eigenvalue weighted by molar-refractivity contribution is -0.141. The number of hydrogen-bond acceptors (Lipinski definition) is 4. The molecule has 6 nitrogen and oxygen atoms in total. The minimum absolute atomic E-state index is 0.0999. The molecule has 0 aromatic heterocycles. The van der Waals surface area contributed by atoms with E-state index < -0.39 is 21.7 Å². The van der Waals surface area contributed by atoms with Gasteiger partial charge in [0.15, 0.2) is 9.84 Å². The largest absolute Gasteiger partial charge is 0.481 e. The van der Waals surface area contributed by atoms with Crippen LogP contribution >= 0.6 is 0 Å². The molecule has 2 N–H and O–H groups in total. The van der Waals surface area contributed by atoms with Crippen LogP contribution in [-0.2, 0) is 27.5 Å². The minimum Gasteiger partial charge on any atom is -0.481 e. The second-order valence-electron chi connectivity index (χ2n) is 6.54. The topological polar surface area (TPSA) is 101 Å². The fourth-order valence-corrected chi connectivity index (χ4v) is 3.32. The Labute approximate surface area is 159 Å². The van der Waals surface area contributed by atoms with Gasteiger partial charge >= 0.3 is 5.97 Å². The molecule has 1 atom stereocenters. The highest BCUT2D eigenvalue weighted by molar-refractivity contribution is 7.90. The fourth-order valence-electron chi connectivity index (χ4n) is 2.67. The first kappa shape index (κ1) is 20.6. The number of rotatable bonds is 7. The second-order valence-corrected chi connectivity index (χ2v) is 8.55. The predicted molar refractivity (Wildman–Crippen MR) is 104 cm³/mol. The number of hydrogen-bond donors (Lipinski definition) is 2. The molecule has 0 aliphatic carbocycles. The Morgan fingerprint density at radius 3 is 2.26 bits per heavy atom. The molecule has 1 amide bonds. The van der Waals surface area contributed by atoms with Crippen molar-refractivity contribution in [2.45, 2.75) is 31.6 Å². The highest BCUT2D eigenvalue weighted by Gasteiger charge is 2.16. The van der Waals surface area contributed by atoms with Gasteiger partial charge in [0, 0.05) is 17.5 Å². The summed E-state index contributed by atoms with van der Waals surface area (Å²) in [6.07, 6.45) is 2.10. The lowest BCUT2D eigenvalue weighted by atomic mass is 10.0. The lowest BCUT2D eigenvalue weighted by Crippen LogP contribution is -2.15. The first-order valence-corrected chi connectivity index (χ1v) is 10.5. The lowest BCUT2D eigenvalue weighted by Gasteiger charge is -2.12. The smallest absolute Gasteiger partial charge is 0.306 e. The molecule has 0 heterocycles. The van der Waals surface area contributed by atoms with Gasteiger partial charge < -0.3 is 10.4 Å². The Morgan fingerprint density at radius 2 is 1.74 bits per heavy atom. The average Bonchev–Trinajstić information content (AvgIpc) is 2.61. The molecule has 0 fully saturated rings. The third kappa shape index (κ3) is 5.40. The maximum atomic E-state index is 12.6. The van der Waals surface area contributed by atoms with Crippen LogP contribution in [0.1, 0.15) is 35.3 Å². The first-order valence-electron chi connectivity index (χ1n) is 8.58. The number of carboxylic acid groups (broad SMARTS) is 1. The van der Waals surface area contributed by atoms with Crippen LogP contribution in [0, 0.1) is 5.92 Å². The maximum absolute atomic E-state index is 12.6. The van der Waals surface area contributed by atoms with Gasteiger partial charge in [-0.05, 0) is 48.2 Å². The zero-order valence-corrected chi connectivity index (χ0v) is 16.3. The third-order valence-corrected chi connectivity index (χ3v) is 5.42. The van der Waals surface area contributed by atoms with Crippen LogP contribution in [0.3, 0.4) is 0 Å². The zero-order chi connectivity index (χ0) is 20.2. The molecule has 144 valence electrons. The normalized spacial score (nSPS) is 12.4. The van der Waals surface area contributed by atoms with Gasteiger partial charge in [0.1, 0.15) is 0 Å². The van der Waals surface area contributed by atoms with Gasteiger partial charge in [0.05, 0.1) is 10.8 Å². The van der Waals surface area contributed by atoms with E-state index in [-0.39, 0.29) is 10.8 Å². The van der Waals surface area contributed by atoms with Crippen molar-refractivity contribution >= 4 is 27.4 Å². The summed E-state index contributed by atoms with van der Waals surface area (Å²) in [5, 5.41) is 11.7. The van der Waals surface area contributed by atoms with Crippen LogP contribution in [0.25, 0.3) is 0 Å². The summed E-state index contributed by atoms with van der Waals surface area (Å²) >= 11 is 0. The van der Waals surface area contributed by atoms with Gasteiger partial charge in [-0.2, -0.15) is 0 Å². The zero-order valence-electron chi connectivity index (χ0n) is 15.5. The van der Waals surface area contributed by atoms with E-state index in [1.165, 1.54) is 12.1 Å².